The first-order valence-electron chi connectivity index (χ1n) is 11.9. The van der Waals surface area contributed by atoms with Crippen molar-refractivity contribution in [3.8, 4) is 5.75 Å². The first-order valence-corrected chi connectivity index (χ1v) is 14.8. The normalized spacial score (nSPS) is 12.1. The lowest BCUT2D eigenvalue weighted by atomic mass is 10.1. The van der Waals surface area contributed by atoms with Gasteiger partial charge in [0.25, 0.3) is 15.7 Å². The van der Waals surface area contributed by atoms with Gasteiger partial charge in [-0.3, -0.25) is 20.3 Å². The van der Waals surface area contributed by atoms with E-state index in [1.54, 1.807) is 43.3 Å². The van der Waals surface area contributed by atoms with Crippen LogP contribution in [0.4, 0.5) is 17.1 Å². The van der Waals surface area contributed by atoms with Crippen LogP contribution in [0.2, 0.25) is 0 Å². The van der Waals surface area contributed by atoms with E-state index in [4.69, 9.17) is 9.15 Å². The lowest BCUT2D eigenvalue weighted by molar-refractivity contribution is -0.385. The number of non-ortho nitro benzene ring substituents is 1. The number of hydrogen-bond acceptors (Lipinski definition) is 10. The van der Waals surface area contributed by atoms with Gasteiger partial charge in [0.1, 0.15) is 16.4 Å². The SMILES string of the molecule is COc1ccc(NS(=O)(=O)c2cc([N+](=O)[O-])ccc2N/N=C(/C)c2ccc(S(=O)(=O)NCc3ccco3)cc2)cc1. The van der Waals surface area contributed by atoms with Crippen molar-refractivity contribution in [2.75, 3.05) is 17.3 Å². The van der Waals surface area contributed by atoms with E-state index in [2.05, 4.69) is 20.0 Å². The highest BCUT2D eigenvalue weighted by Gasteiger charge is 2.23. The molecule has 0 unspecified atom stereocenters. The van der Waals surface area contributed by atoms with Crippen molar-refractivity contribution in [1.82, 2.24) is 4.72 Å². The maximum atomic E-state index is 13.2. The van der Waals surface area contributed by atoms with E-state index in [-0.39, 0.29) is 22.8 Å². The predicted molar refractivity (Wildman–Crippen MR) is 152 cm³/mol. The number of hydrazone groups is 1. The van der Waals surface area contributed by atoms with Crippen molar-refractivity contribution in [2.45, 2.75) is 23.3 Å². The molecule has 0 fully saturated rings. The van der Waals surface area contributed by atoms with E-state index in [1.165, 1.54) is 43.7 Å². The van der Waals surface area contributed by atoms with Crippen molar-refractivity contribution in [3.05, 3.63) is 107 Å². The highest BCUT2D eigenvalue weighted by molar-refractivity contribution is 7.93. The summed E-state index contributed by atoms with van der Waals surface area (Å²) in [5.74, 6) is 0.984. The van der Waals surface area contributed by atoms with Gasteiger partial charge in [-0.15, -0.1) is 0 Å². The second kappa shape index (κ2) is 12.2. The minimum Gasteiger partial charge on any atom is -0.497 e. The number of ether oxygens (including phenoxy) is 1. The Kier molecular flexibility index (Phi) is 8.71. The molecule has 0 atom stereocenters. The van der Waals surface area contributed by atoms with Crippen LogP contribution in [0.1, 0.15) is 18.2 Å². The van der Waals surface area contributed by atoms with Crippen LogP contribution in [0.25, 0.3) is 0 Å². The summed E-state index contributed by atoms with van der Waals surface area (Å²) in [5, 5.41) is 15.6. The van der Waals surface area contributed by atoms with Crippen molar-refractivity contribution in [1.29, 1.82) is 0 Å². The largest absolute Gasteiger partial charge is 0.497 e. The number of nitrogens with one attached hydrogen (secondary N) is 3. The molecule has 0 saturated carbocycles. The summed E-state index contributed by atoms with van der Waals surface area (Å²) in [6.07, 6.45) is 1.45. The molecule has 0 amide bonds. The quantitative estimate of drug-likeness (QED) is 0.121. The van der Waals surface area contributed by atoms with Gasteiger partial charge in [0, 0.05) is 17.8 Å². The number of methoxy groups -OCH3 is 1. The fraction of sp³-hybridized carbons (Fsp3) is 0.115. The van der Waals surface area contributed by atoms with Crippen molar-refractivity contribution < 1.29 is 30.9 Å². The Morgan fingerprint density at radius 1 is 0.976 bits per heavy atom. The number of rotatable bonds is 12. The number of hydrogen-bond donors (Lipinski definition) is 3. The van der Waals surface area contributed by atoms with Crippen LogP contribution in [0, 0.1) is 10.1 Å². The van der Waals surface area contributed by atoms with E-state index in [9.17, 15) is 26.9 Å². The highest BCUT2D eigenvalue weighted by atomic mass is 32.2. The second-order valence-corrected chi connectivity index (χ2v) is 11.9. The Balaban J connectivity index is 1.54. The zero-order valence-corrected chi connectivity index (χ0v) is 23.4. The summed E-state index contributed by atoms with van der Waals surface area (Å²) >= 11 is 0. The van der Waals surface area contributed by atoms with Crippen LogP contribution in [0.15, 0.2) is 104 Å². The average molecular weight is 600 g/mol. The molecule has 0 spiro atoms. The molecule has 3 aromatic carbocycles. The molecule has 0 radical (unpaired) electrons. The molecule has 3 N–H and O–H groups in total. The van der Waals surface area contributed by atoms with Crippen LogP contribution >= 0.6 is 0 Å². The van der Waals surface area contributed by atoms with Crippen molar-refractivity contribution in [3.63, 3.8) is 0 Å². The second-order valence-electron chi connectivity index (χ2n) is 8.51. The molecule has 1 heterocycles. The highest BCUT2D eigenvalue weighted by Crippen LogP contribution is 2.29. The number of benzene rings is 3. The number of nitro benzene ring substituents is 1. The lowest BCUT2D eigenvalue weighted by Crippen LogP contribution is -2.23. The van der Waals surface area contributed by atoms with Crippen LogP contribution in [0.5, 0.6) is 5.75 Å². The van der Waals surface area contributed by atoms with Crippen LogP contribution < -0.4 is 19.6 Å². The fourth-order valence-electron chi connectivity index (χ4n) is 3.56. The molecule has 15 heteroatoms. The third kappa shape index (κ3) is 7.27. The molecular formula is C26H25N5O8S2. The van der Waals surface area contributed by atoms with E-state index >= 15 is 0 Å². The summed E-state index contributed by atoms with van der Waals surface area (Å²) in [4.78, 5) is 10.3. The van der Waals surface area contributed by atoms with Crippen molar-refractivity contribution in [2.24, 2.45) is 5.10 Å². The Hall–Kier alpha value is -4.73. The molecule has 41 heavy (non-hydrogen) atoms. The Labute approximate surface area is 236 Å². The van der Waals surface area contributed by atoms with Gasteiger partial charge in [-0.2, -0.15) is 5.10 Å². The predicted octanol–water partition coefficient (Wildman–Crippen LogP) is 4.31. The van der Waals surface area contributed by atoms with Gasteiger partial charge in [0.05, 0.1) is 41.1 Å². The topological polar surface area (TPSA) is 182 Å². The number of nitrogens with zero attached hydrogens (tertiary/aromatic N) is 2. The van der Waals surface area contributed by atoms with Crippen molar-refractivity contribution >= 4 is 42.8 Å². The number of anilines is 2. The Morgan fingerprint density at radius 2 is 1.68 bits per heavy atom. The van der Waals surface area contributed by atoms with Crippen LogP contribution in [-0.4, -0.2) is 34.6 Å². The first-order chi connectivity index (χ1) is 19.5. The number of furan rings is 1. The van der Waals surface area contributed by atoms with Crippen LogP contribution in [-0.2, 0) is 26.6 Å². The fourth-order valence-corrected chi connectivity index (χ4v) is 5.78. The third-order valence-corrected chi connectivity index (χ3v) is 8.59. The maximum Gasteiger partial charge on any atom is 0.270 e. The minimum absolute atomic E-state index is 0.00467. The van der Waals surface area contributed by atoms with Gasteiger partial charge in [-0.1, -0.05) is 12.1 Å². The molecule has 1 aromatic heterocycles. The van der Waals surface area contributed by atoms with E-state index in [0.29, 0.717) is 22.8 Å². The zero-order chi connectivity index (χ0) is 29.6. The van der Waals surface area contributed by atoms with Gasteiger partial charge >= 0.3 is 0 Å². The Bertz CT molecular complexity index is 1770. The summed E-state index contributed by atoms with van der Waals surface area (Å²) in [7, 11) is -6.61. The van der Waals surface area contributed by atoms with E-state index in [0.717, 1.165) is 12.1 Å². The van der Waals surface area contributed by atoms with Gasteiger partial charge in [-0.05, 0) is 67.1 Å². The summed E-state index contributed by atoms with van der Waals surface area (Å²) in [6.45, 7) is 1.62. The molecule has 4 aromatic rings. The summed E-state index contributed by atoms with van der Waals surface area (Å²) < 4.78 is 66.6. The first kappa shape index (κ1) is 29.3. The monoisotopic (exact) mass is 599 g/mol. The van der Waals surface area contributed by atoms with E-state index in [1.807, 2.05) is 0 Å². The molecule has 214 valence electrons. The van der Waals surface area contributed by atoms with Gasteiger partial charge in [0.2, 0.25) is 10.0 Å². The van der Waals surface area contributed by atoms with Crippen LogP contribution in [0.3, 0.4) is 0 Å². The van der Waals surface area contributed by atoms with Gasteiger partial charge in [0.15, 0.2) is 0 Å². The lowest BCUT2D eigenvalue weighted by Gasteiger charge is -2.13. The minimum atomic E-state index is -4.28. The molecule has 0 aliphatic heterocycles. The number of sulfonamides is 2. The molecule has 4 rings (SSSR count). The molecule has 0 bridgehead atoms. The molecule has 13 nitrogen and oxygen atoms in total. The number of nitro groups is 1. The third-order valence-electron chi connectivity index (χ3n) is 5.75. The van der Waals surface area contributed by atoms with E-state index < -0.39 is 35.6 Å². The van der Waals surface area contributed by atoms with Gasteiger partial charge < -0.3 is 9.15 Å². The summed E-state index contributed by atoms with van der Waals surface area (Å²) in [5.41, 5.74) is 3.37. The standard InChI is InChI=1S/C26H25N5O8S2/c1-18(19-5-12-24(13-6-19)40(34,35)27-17-23-4-3-15-39-23)28-29-25-14-9-21(31(32)33)16-26(25)41(36,37)30-20-7-10-22(38-2)11-8-20/h3-16,27,29-30H,17H2,1-2H3/b28-18-. The molecule has 0 aliphatic carbocycles. The molecular weight excluding hydrogens is 574 g/mol. The summed E-state index contributed by atoms with van der Waals surface area (Å²) in [6, 6.07) is 18.6. The molecule has 0 aliphatic rings. The average Bonchev–Trinajstić information content (AvgIpc) is 3.49. The Morgan fingerprint density at radius 3 is 2.29 bits per heavy atom. The maximum absolute atomic E-state index is 13.2. The molecule has 0 saturated heterocycles. The zero-order valence-electron chi connectivity index (χ0n) is 21.8. The van der Waals surface area contributed by atoms with Gasteiger partial charge in [-0.25, -0.2) is 21.6 Å². The smallest absolute Gasteiger partial charge is 0.270 e.